The molecule has 6 heteroatoms. The van der Waals surface area contributed by atoms with Gasteiger partial charge in [-0.1, -0.05) is 36.4 Å². The van der Waals surface area contributed by atoms with Crippen LogP contribution in [-0.2, 0) is 6.54 Å². The van der Waals surface area contributed by atoms with E-state index in [0.29, 0.717) is 10.3 Å². The van der Waals surface area contributed by atoms with E-state index in [0.717, 1.165) is 38.7 Å². The minimum atomic E-state index is -0.215. The summed E-state index contributed by atoms with van der Waals surface area (Å²) >= 11 is 1.35. The van der Waals surface area contributed by atoms with E-state index in [4.69, 9.17) is 0 Å². The second-order valence-electron chi connectivity index (χ2n) is 7.80. The largest absolute Gasteiger partial charge is 0.341 e. The number of aryl methyl sites for hydroxylation is 1. The molecule has 0 fully saturated rings. The molecule has 0 saturated carbocycles. The molecule has 1 amide bonds. The Balaban J connectivity index is 1.42. The van der Waals surface area contributed by atoms with E-state index in [2.05, 4.69) is 40.0 Å². The highest BCUT2D eigenvalue weighted by atomic mass is 32.1. The van der Waals surface area contributed by atoms with Crippen molar-refractivity contribution in [3.8, 4) is 0 Å². The Hall–Kier alpha value is -3.90. The van der Waals surface area contributed by atoms with Gasteiger partial charge in [-0.15, -0.1) is 11.3 Å². The molecule has 156 valence electrons. The van der Waals surface area contributed by atoms with E-state index in [1.54, 1.807) is 6.07 Å². The van der Waals surface area contributed by atoms with Gasteiger partial charge in [0.25, 0.3) is 11.5 Å². The minimum absolute atomic E-state index is 0.178. The van der Waals surface area contributed by atoms with Crippen molar-refractivity contribution in [3.05, 3.63) is 88.0 Å². The lowest BCUT2D eigenvalue weighted by Crippen LogP contribution is -2.10. The third-order valence-corrected chi connectivity index (χ3v) is 7.13. The zero-order valence-electron chi connectivity index (χ0n) is 17.3. The molecule has 0 aliphatic rings. The molecule has 6 aromatic rings. The van der Waals surface area contributed by atoms with Crippen LogP contribution in [0.15, 0.2) is 77.6 Å². The normalized spacial score (nSPS) is 11.7. The Labute approximate surface area is 186 Å². The predicted octanol–water partition coefficient (Wildman–Crippen LogP) is 6.12. The summed E-state index contributed by atoms with van der Waals surface area (Å²) in [5, 5.41) is 6.78. The first-order chi connectivity index (χ1) is 15.6. The first-order valence-corrected chi connectivity index (χ1v) is 11.3. The van der Waals surface area contributed by atoms with Crippen molar-refractivity contribution in [1.82, 2.24) is 9.55 Å². The topological polar surface area (TPSA) is 66.9 Å². The van der Waals surface area contributed by atoms with Gasteiger partial charge in [-0.05, 0) is 43.3 Å². The number of nitrogens with one attached hydrogen (secondary N) is 2. The van der Waals surface area contributed by atoms with E-state index in [-0.39, 0.29) is 11.5 Å². The fourth-order valence-corrected chi connectivity index (χ4v) is 5.61. The molecule has 6 rings (SSSR count). The number of benzene rings is 3. The van der Waals surface area contributed by atoms with Crippen LogP contribution in [0.25, 0.3) is 42.8 Å². The van der Waals surface area contributed by atoms with E-state index >= 15 is 0 Å². The number of aromatic nitrogens is 2. The van der Waals surface area contributed by atoms with Gasteiger partial charge in [0.05, 0.1) is 10.3 Å². The standard InChI is InChI=1S/C26H19N3O2S/c1-2-29-21-10-6-4-7-16(21)18-13-15(11-12-22(18)29)27-26(31)23-14-19-24(32-23)17-8-3-5-9-20(17)28-25(19)30/h3-14H,2H2,1H3,(H,27,31)(H,28,30). The lowest BCUT2D eigenvalue weighted by molar-refractivity contribution is 0.103. The molecule has 3 aromatic carbocycles. The summed E-state index contributed by atoms with van der Waals surface area (Å²) < 4.78 is 3.11. The Kier molecular flexibility index (Phi) is 4.16. The number of hydrogen-bond acceptors (Lipinski definition) is 3. The third-order valence-electron chi connectivity index (χ3n) is 5.97. The number of pyridine rings is 1. The van der Waals surface area contributed by atoms with Crippen LogP contribution < -0.4 is 10.9 Å². The third kappa shape index (κ3) is 2.77. The number of amides is 1. The fourth-order valence-electron chi connectivity index (χ4n) is 4.52. The minimum Gasteiger partial charge on any atom is -0.341 e. The molecule has 32 heavy (non-hydrogen) atoms. The molecule has 0 saturated heterocycles. The first-order valence-electron chi connectivity index (χ1n) is 10.5. The number of carbonyl (C=O) groups excluding carboxylic acids is 1. The first kappa shape index (κ1) is 18.8. The Morgan fingerprint density at radius 2 is 1.66 bits per heavy atom. The lowest BCUT2D eigenvalue weighted by atomic mass is 10.1. The van der Waals surface area contributed by atoms with Crippen LogP contribution in [0.3, 0.4) is 0 Å². The van der Waals surface area contributed by atoms with Crippen LogP contribution in [0.4, 0.5) is 5.69 Å². The number of H-pyrrole nitrogens is 1. The number of carbonyl (C=O) groups is 1. The van der Waals surface area contributed by atoms with E-state index in [9.17, 15) is 9.59 Å². The molecule has 0 aliphatic carbocycles. The summed E-state index contributed by atoms with van der Waals surface area (Å²) in [6.45, 7) is 3.01. The van der Waals surface area contributed by atoms with Crippen molar-refractivity contribution >= 4 is 65.7 Å². The summed E-state index contributed by atoms with van der Waals surface area (Å²) in [4.78, 5) is 29.0. The van der Waals surface area contributed by atoms with Crippen molar-refractivity contribution in [2.45, 2.75) is 13.5 Å². The van der Waals surface area contributed by atoms with Gasteiger partial charge in [-0.3, -0.25) is 9.59 Å². The number of rotatable bonds is 3. The Morgan fingerprint density at radius 1 is 0.906 bits per heavy atom. The molecular formula is C26H19N3O2S. The summed E-state index contributed by atoms with van der Waals surface area (Å²) in [6.07, 6.45) is 0. The molecule has 0 unspecified atom stereocenters. The Morgan fingerprint density at radius 3 is 2.50 bits per heavy atom. The zero-order valence-corrected chi connectivity index (χ0v) is 18.1. The van der Waals surface area contributed by atoms with Crippen LogP contribution in [0, 0.1) is 0 Å². The molecule has 0 radical (unpaired) electrons. The van der Waals surface area contributed by atoms with Gasteiger partial charge < -0.3 is 14.9 Å². The highest BCUT2D eigenvalue weighted by molar-refractivity contribution is 7.21. The summed E-state index contributed by atoms with van der Waals surface area (Å²) in [5.74, 6) is -0.215. The van der Waals surface area contributed by atoms with Crippen molar-refractivity contribution in [2.75, 3.05) is 5.32 Å². The van der Waals surface area contributed by atoms with Gasteiger partial charge >= 0.3 is 0 Å². The number of aromatic amines is 1. The lowest BCUT2D eigenvalue weighted by Gasteiger charge is -2.05. The molecule has 3 heterocycles. The van der Waals surface area contributed by atoms with Crippen LogP contribution in [-0.4, -0.2) is 15.5 Å². The molecule has 2 N–H and O–H groups in total. The van der Waals surface area contributed by atoms with Gasteiger partial charge in [0.15, 0.2) is 0 Å². The maximum Gasteiger partial charge on any atom is 0.265 e. The number of hydrogen-bond donors (Lipinski definition) is 2. The van der Waals surface area contributed by atoms with Gasteiger partial charge in [0.1, 0.15) is 0 Å². The molecule has 5 nitrogen and oxygen atoms in total. The summed E-state index contributed by atoms with van der Waals surface area (Å²) in [7, 11) is 0. The predicted molar refractivity (Wildman–Crippen MR) is 133 cm³/mol. The van der Waals surface area contributed by atoms with Gasteiger partial charge in [0, 0.05) is 49.6 Å². The van der Waals surface area contributed by atoms with E-state index < -0.39 is 0 Å². The molecule has 0 spiro atoms. The zero-order chi connectivity index (χ0) is 21.8. The second kappa shape index (κ2) is 7.07. The molecule has 0 atom stereocenters. The molecule has 3 aromatic heterocycles. The summed E-state index contributed by atoms with van der Waals surface area (Å²) in [6, 6.07) is 23.7. The highest BCUT2D eigenvalue weighted by Gasteiger charge is 2.16. The molecular weight excluding hydrogens is 418 g/mol. The highest BCUT2D eigenvalue weighted by Crippen LogP contribution is 2.32. The SMILES string of the molecule is CCn1c2ccccc2c2cc(NC(=O)c3cc4c(=O)[nH]c5ccccc5c4s3)ccc21. The van der Waals surface area contributed by atoms with Crippen LogP contribution in [0.5, 0.6) is 0 Å². The number of para-hydroxylation sites is 2. The molecule has 0 aliphatic heterocycles. The van der Waals surface area contributed by atoms with Crippen LogP contribution in [0.1, 0.15) is 16.6 Å². The van der Waals surface area contributed by atoms with Crippen LogP contribution in [0.2, 0.25) is 0 Å². The van der Waals surface area contributed by atoms with Crippen molar-refractivity contribution in [3.63, 3.8) is 0 Å². The number of fused-ring (bicyclic) bond motifs is 6. The van der Waals surface area contributed by atoms with Crippen molar-refractivity contribution < 1.29 is 4.79 Å². The monoisotopic (exact) mass is 437 g/mol. The fraction of sp³-hybridized carbons (Fsp3) is 0.0769. The van der Waals surface area contributed by atoms with Gasteiger partial charge in [-0.25, -0.2) is 0 Å². The van der Waals surface area contributed by atoms with E-state index in [1.165, 1.54) is 22.2 Å². The molecule has 0 bridgehead atoms. The Bertz CT molecular complexity index is 1740. The summed E-state index contributed by atoms with van der Waals surface area (Å²) in [5.41, 5.74) is 3.66. The quantitative estimate of drug-likeness (QED) is 0.350. The van der Waals surface area contributed by atoms with Gasteiger partial charge in [-0.2, -0.15) is 0 Å². The van der Waals surface area contributed by atoms with Crippen molar-refractivity contribution in [2.24, 2.45) is 0 Å². The number of nitrogens with zero attached hydrogens (tertiary/aromatic N) is 1. The number of thiophene rings is 1. The average molecular weight is 438 g/mol. The van der Waals surface area contributed by atoms with Crippen molar-refractivity contribution in [1.29, 1.82) is 0 Å². The average Bonchev–Trinajstić information content (AvgIpc) is 3.40. The van der Waals surface area contributed by atoms with Gasteiger partial charge in [0.2, 0.25) is 0 Å². The second-order valence-corrected chi connectivity index (χ2v) is 8.85. The van der Waals surface area contributed by atoms with E-state index in [1.807, 2.05) is 48.5 Å². The number of anilines is 1. The van der Waals surface area contributed by atoms with Crippen LogP contribution >= 0.6 is 11.3 Å². The maximum atomic E-state index is 13.1. The smallest absolute Gasteiger partial charge is 0.265 e. The maximum absolute atomic E-state index is 13.1.